The van der Waals surface area contributed by atoms with Gasteiger partial charge in [0.15, 0.2) is 16.6 Å². The van der Waals surface area contributed by atoms with Gasteiger partial charge >= 0.3 is 0 Å². The number of hydrogen-bond donors (Lipinski definition) is 1. The van der Waals surface area contributed by atoms with Crippen molar-refractivity contribution in [2.45, 2.75) is 198 Å². The normalized spacial score (nSPS) is 31.9. The molecule has 0 aromatic rings. The molecule has 3 rings (SSSR count). The highest BCUT2D eigenvalue weighted by molar-refractivity contribution is 6.74. The highest BCUT2D eigenvalue weighted by Crippen LogP contribution is 2.44. The Morgan fingerprint density at radius 3 is 2.15 bits per heavy atom. The van der Waals surface area contributed by atoms with E-state index in [2.05, 4.69) is 94.4 Å². The molecule has 52 heavy (non-hydrogen) atoms. The van der Waals surface area contributed by atoms with Crippen molar-refractivity contribution in [3.63, 3.8) is 0 Å². The largest absolute Gasteiger partial charge is 0.414 e. The first-order valence-electron chi connectivity index (χ1n) is 19.9. The molecule has 0 aromatic heterocycles. The van der Waals surface area contributed by atoms with Gasteiger partial charge in [0, 0.05) is 45.1 Å². The molecular formula is C42H76O8Si2. The average Bonchev–Trinajstić information content (AvgIpc) is 3.53. The molecule has 3 saturated heterocycles. The number of carbonyl (C=O) groups excluding carboxylic acids is 1. The first-order valence-corrected chi connectivity index (χ1v) is 25.7. The molecule has 1 N–H and O–H groups in total. The summed E-state index contributed by atoms with van der Waals surface area (Å²) in [7, 11) is -2.52. The van der Waals surface area contributed by atoms with Crippen molar-refractivity contribution >= 4 is 22.4 Å². The van der Waals surface area contributed by atoms with Crippen LogP contribution in [-0.4, -0.2) is 96.2 Å². The van der Waals surface area contributed by atoms with E-state index < -0.39 is 22.7 Å². The van der Waals surface area contributed by atoms with Crippen molar-refractivity contribution in [2.75, 3.05) is 13.7 Å². The van der Waals surface area contributed by atoms with Crippen molar-refractivity contribution in [3.05, 3.63) is 37.0 Å². The standard InChI is InChI=1S/C42H76O8Si2/c1-17-32-21-28(3)36(47-32)19-18-33-20-27(2)30(5)37(48-33)25-38-35(23-31(44)22-29(4)43)40(45-12)39(49-38)24-34(50-52(15,16)42(9,10)11)26-46-51(13,14)41(6,7)8/h17,27,29,32-40,43H,1,3,5,18-26H2,2,4,6-16H3/t27?,29?,32?,33?,34?,35?,36?,37?,38-,39?,40+/m0/s1. The predicted molar refractivity (Wildman–Crippen MR) is 217 cm³/mol. The van der Waals surface area contributed by atoms with Gasteiger partial charge in [0.2, 0.25) is 0 Å². The lowest BCUT2D eigenvalue weighted by Crippen LogP contribution is -2.49. The third-order valence-corrected chi connectivity index (χ3v) is 21.8. The smallest absolute Gasteiger partial charge is 0.192 e. The van der Waals surface area contributed by atoms with Crippen LogP contribution in [0.2, 0.25) is 36.3 Å². The quantitative estimate of drug-likeness (QED) is 0.109. The maximum Gasteiger partial charge on any atom is 0.192 e. The van der Waals surface area contributed by atoms with Gasteiger partial charge in [-0.25, -0.2) is 0 Å². The Morgan fingerprint density at radius 2 is 1.62 bits per heavy atom. The van der Waals surface area contributed by atoms with Gasteiger partial charge in [-0.2, -0.15) is 0 Å². The molecule has 3 aliphatic rings. The van der Waals surface area contributed by atoms with Crippen LogP contribution in [0.15, 0.2) is 37.0 Å². The van der Waals surface area contributed by atoms with E-state index in [4.69, 9.17) is 27.8 Å². The molecular weight excluding hydrogens is 689 g/mol. The summed E-state index contributed by atoms with van der Waals surface area (Å²) >= 11 is 0. The number of hydrogen-bond acceptors (Lipinski definition) is 8. The van der Waals surface area contributed by atoms with Crippen LogP contribution in [0.5, 0.6) is 0 Å². The van der Waals surface area contributed by atoms with Crippen LogP contribution in [0, 0.1) is 11.8 Å². The highest BCUT2D eigenvalue weighted by Gasteiger charge is 2.49. The monoisotopic (exact) mass is 765 g/mol. The van der Waals surface area contributed by atoms with Gasteiger partial charge in [-0.15, -0.1) is 6.58 Å². The first-order chi connectivity index (χ1) is 23.9. The maximum absolute atomic E-state index is 13.3. The summed E-state index contributed by atoms with van der Waals surface area (Å²) < 4.78 is 40.1. The minimum absolute atomic E-state index is 0.0101. The molecule has 9 unspecified atom stereocenters. The second kappa shape index (κ2) is 18.3. The predicted octanol–water partition coefficient (Wildman–Crippen LogP) is 9.34. The van der Waals surface area contributed by atoms with Crippen LogP contribution in [0.4, 0.5) is 0 Å². The molecule has 3 fully saturated rings. The Morgan fingerprint density at radius 1 is 0.981 bits per heavy atom. The fraction of sp³-hybridized carbons (Fsp3) is 0.833. The average molecular weight is 765 g/mol. The first kappa shape index (κ1) is 45.4. The minimum Gasteiger partial charge on any atom is -0.414 e. The van der Waals surface area contributed by atoms with Crippen molar-refractivity contribution in [1.82, 2.24) is 0 Å². The molecule has 300 valence electrons. The molecule has 3 heterocycles. The molecule has 3 aliphatic heterocycles. The number of Topliss-reactive ketones (excluding diaryl/α,β-unsaturated/α-hetero) is 1. The van der Waals surface area contributed by atoms with Crippen LogP contribution in [0.25, 0.3) is 0 Å². The second-order valence-corrected chi connectivity index (χ2v) is 28.8. The highest BCUT2D eigenvalue weighted by atomic mass is 28.4. The van der Waals surface area contributed by atoms with Gasteiger partial charge in [0.25, 0.3) is 0 Å². The number of ketones is 1. The molecule has 0 aromatic carbocycles. The number of rotatable bonds is 18. The molecule has 0 saturated carbocycles. The van der Waals surface area contributed by atoms with Crippen LogP contribution < -0.4 is 0 Å². The Kier molecular flexibility index (Phi) is 16.0. The van der Waals surface area contributed by atoms with E-state index in [0.29, 0.717) is 19.4 Å². The fourth-order valence-corrected chi connectivity index (χ4v) is 9.80. The summed E-state index contributed by atoms with van der Waals surface area (Å²) in [5.41, 5.74) is 2.20. The lowest BCUT2D eigenvalue weighted by atomic mass is 9.81. The molecule has 0 aliphatic carbocycles. The Hall–Kier alpha value is -0.956. The summed E-state index contributed by atoms with van der Waals surface area (Å²) in [5, 5.41) is 10.2. The maximum atomic E-state index is 13.3. The number of aliphatic hydroxyl groups is 1. The van der Waals surface area contributed by atoms with Gasteiger partial charge < -0.3 is 32.9 Å². The second-order valence-electron chi connectivity index (χ2n) is 19.2. The van der Waals surface area contributed by atoms with Crippen molar-refractivity contribution in [3.8, 4) is 0 Å². The third-order valence-electron chi connectivity index (χ3n) is 12.8. The molecule has 10 heteroatoms. The van der Waals surface area contributed by atoms with E-state index >= 15 is 0 Å². The third kappa shape index (κ3) is 12.0. The number of ether oxygens (including phenoxy) is 4. The van der Waals surface area contributed by atoms with Crippen LogP contribution in [-0.2, 0) is 32.6 Å². The Bertz CT molecular complexity index is 1220. The number of aliphatic hydroxyl groups excluding tert-OH is 1. The van der Waals surface area contributed by atoms with Gasteiger partial charge in [0.1, 0.15) is 5.78 Å². The molecule has 0 amide bonds. The van der Waals surface area contributed by atoms with E-state index in [-0.39, 0.29) is 89.4 Å². The van der Waals surface area contributed by atoms with Gasteiger partial charge in [-0.3, -0.25) is 4.79 Å². The molecule has 0 spiro atoms. The zero-order valence-corrected chi connectivity index (χ0v) is 37.2. The lowest BCUT2D eigenvalue weighted by molar-refractivity contribution is -0.123. The van der Waals surface area contributed by atoms with Crippen molar-refractivity contribution in [2.24, 2.45) is 11.8 Å². The Balaban J connectivity index is 1.86. The Labute approximate surface area is 319 Å². The topological polar surface area (TPSA) is 92.7 Å². The summed E-state index contributed by atoms with van der Waals surface area (Å²) in [6.45, 7) is 39.7. The molecule has 0 bridgehead atoms. The van der Waals surface area contributed by atoms with Crippen LogP contribution in [0.1, 0.15) is 107 Å². The molecule has 8 nitrogen and oxygen atoms in total. The zero-order chi connectivity index (χ0) is 39.4. The van der Waals surface area contributed by atoms with E-state index in [1.54, 1.807) is 14.0 Å². The van der Waals surface area contributed by atoms with Crippen molar-refractivity contribution < 1.29 is 37.7 Å². The SMILES string of the molecule is C=CC1CC(=C)C(CCC2CC(C)C(=C)C(C[C@@H]3OC(CC(CO[Si](C)(C)C(C)(C)C)O[Si](C)(C)C(C)(C)C)[C@H](OC)C3CC(=O)CC(C)O)O2)O1. The molecule has 11 atom stereocenters. The van der Waals surface area contributed by atoms with E-state index in [1.807, 2.05) is 6.08 Å². The summed E-state index contributed by atoms with van der Waals surface area (Å²) in [6, 6.07) is 0. The number of carbonyl (C=O) groups is 1. The summed E-state index contributed by atoms with van der Waals surface area (Å²) in [4.78, 5) is 13.3. The fourth-order valence-electron chi connectivity index (χ4n) is 7.42. The van der Waals surface area contributed by atoms with Crippen LogP contribution in [0.3, 0.4) is 0 Å². The molecule has 0 radical (unpaired) electrons. The number of methoxy groups -OCH3 is 1. The van der Waals surface area contributed by atoms with Crippen LogP contribution >= 0.6 is 0 Å². The van der Waals surface area contributed by atoms with Crippen molar-refractivity contribution in [1.29, 1.82) is 0 Å². The van der Waals surface area contributed by atoms with E-state index in [9.17, 15) is 9.90 Å². The summed E-state index contributed by atoms with van der Waals surface area (Å²) in [5.74, 6) is 0.100. The summed E-state index contributed by atoms with van der Waals surface area (Å²) in [6.07, 6.45) is 4.98. The lowest BCUT2D eigenvalue weighted by Gasteiger charge is -2.42. The van der Waals surface area contributed by atoms with Gasteiger partial charge in [-0.05, 0) is 79.5 Å². The zero-order valence-electron chi connectivity index (χ0n) is 35.2. The van der Waals surface area contributed by atoms with Gasteiger partial charge in [-0.1, -0.05) is 67.7 Å². The minimum atomic E-state index is -2.17. The van der Waals surface area contributed by atoms with Gasteiger partial charge in [0.05, 0.1) is 61.5 Å². The van der Waals surface area contributed by atoms with E-state index in [1.165, 1.54) is 0 Å². The van der Waals surface area contributed by atoms with E-state index in [0.717, 1.165) is 36.8 Å².